The topological polar surface area (TPSA) is 0 Å². The third-order valence-corrected chi connectivity index (χ3v) is 10.3. The van der Waals surface area contributed by atoms with Gasteiger partial charge in [-0.25, -0.2) is 0 Å². The maximum atomic E-state index is 3.75. The number of hydrogen-bond donors (Lipinski definition) is 0. The lowest BCUT2D eigenvalue weighted by atomic mass is 10.2. The van der Waals surface area contributed by atoms with E-state index in [0.29, 0.717) is 0 Å². The summed E-state index contributed by atoms with van der Waals surface area (Å²) in [5.74, 6) is 0. The van der Waals surface area contributed by atoms with E-state index in [-0.39, 0.29) is 17.0 Å². The molecule has 0 aliphatic rings. The number of alkyl halides is 1. The second-order valence-electron chi connectivity index (χ2n) is 6.89. The van der Waals surface area contributed by atoms with Crippen LogP contribution in [0.2, 0.25) is 0 Å². The number of benzene rings is 4. The standard InChI is InChI=1S/C26H23BrP.BrH/c27-20-23-14-10-11-19-26(23)28(24-15-6-2-7-16-24,25-17-8-3-9-18-25)21-22-12-4-1-5-13-22;/h1-19H,20-21H2;1H/q+1;/p-1. The van der Waals surface area contributed by atoms with Gasteiger partial charge in [-0.15, -0.1) is 0 Å². The molecule has 0 unspecified atom stereocenters. The van der Waals surface area contributed by atoms with Crippen LogP contribution in [0.15, 0.2) is 115 Å². The molecule has 0 amide bonds. The van der Waals surface area contributed by atoms with E-state index >= 15 is 0 Å². The van der Waals surface area contributed by atoms with Crippen LogP contribution in [0.25, 0.3) is 0 Å². The summed E-state index contributed by atoms with van der Waals surface area (Å²) < 4.78 is 0. The summed E-state index contributed by atoms with van der Waals surface area (Å²) in [6, 6.07) is 42.0. The van der Waals surface area contributed by atoms with Crippen LogP contribution in [-0.2, 0) is 11.5 Å². The Morgan fingerprint density at radius 2 is 1.00 bits per heavy atom. The van der Waals surface area contributed by atoms with E-state index in [1.165, 1.54) is 27.0 Å². The van der Waals surface area contributed by atoms with Gasteiger partial charge < -0.3 is 17.0 Å². The average Bonchev–Trinajstić information content (AvgIpc) is 2.79. The lowest BCUT2D eigenvalue weighted by Gasteiger charge is -2.29. The molecule has 0 radical (unpaired) electrons. The SMILES string of the molecule is BrCc1ccccc1[P+](Cc1ccccc1)(c1ccccc1)c1ccccc1.[Br-]. The molecule has 0 nitrogen and oxygen atoms in total. The summed E-state index contributed by atoms with van der Waals surface area (Å²) in [7, 11) is -1.86. The van der Waals surface area contributed by atoms with Crippen LogP contribution in [-0.4, -0.2) is 0 Å². The maximum Gasteiger partial charge on any atom is 0.116 e. The quantitative estimate of drug-likeness (QED) is 0.268. The molecule has 0 N–H and O–H groups in total. The first-order valence-electron chi connectivity index (χ1n) is 9.52. The summed E-state index contributed by atoms with van der Waals surface area (Å²) in [5, 5.41) is 5.18. The number of hydrogen-bond acceptors (Lipinski definition) is 0. The summed E-state index contributed by atoms with van der Waals surface area (Å²) in [5.41, 5.74) is 2.76. The highest BCUT2D eigenvalue weighted by Crippen LogP contribution is 2.58. The molecule has 0 atom stereocenters. The minimum atomic E-state index is -1.86. The lowest BCUT2D eigenvalue weighted by molar-refractivity contribution is -0.00000536. The first-order valence-corrected chi connectivity index (χ1v) is 12.6. The Kier molecular flexibility index (Phi) is 7.84. The van der Waals surface area contributed by atoms with Crippen molar-refractivity contribution in [3.63, 3.8) is 0 Å². The fourth-order valence-corrected chi connectivity index (χ4v) is 9.11. The number of rotatable bonds is 6. The predicted octanol–water partition coefficient (Wildman–Crippen LogP) is 3.08. The van der Waals surface area contributed by atoms with Gasteiger partial charge in [-0.05, 0) is 35.9 Å². The first kappa shape index (κ1) is 22.0. The van der Waals surface area contributed by atoms with Crippen LogP contribution >= 0.6 is 23.2 Å². The largest absolute Gasteiger partial charge is 1.00 e. The summed E-state index contributed by atoms with van der Waals surface area (Å²) in [4.78, 5) is 0. The van der Waals surface area contributed by atoms with Crippen molar-refractivity contribution in [2.45, 2.75) is 11.5 Å². The van der Waals surface area contributed by atoms with E-state index in [4.69, 9.17) is 0 Å². The van der Waals surface area contributed by atoms with Gasteiger partial charge in [0, 0.05) is 10.9 Å². The van der Waals surface area contributed by atoms with E-state index in [1.54, 1.807) is 0 Å². The van der Waals surface area contributed by atoms with E-state index in [1.807, 2.05) is 0 Å². The second kappa shape index (κ2) is 10.3. The van der Waals surface area contributed by atoms with E-state index < -0.39 is 7.26 Å². The van der Waals surface area contributed by atoms with Gasteiger partial charge in [0.2, 0.25) is 0 Å². The van der Waals surface area contributed by atoms with Crippen LogP contribution in [0, 0.1) is 0 Å². The minimum absolute atomic E-state index is 0. The average molecular weight is 526 g/mol. The normalized spacial score (nSPS) is 10.9. The molecule has 0 aliphatic heterocycles. The molecule has 0 fully saturated rings. The Bertz CT molecular complexity index is 979. The maximum absolute atomic E-state index is 3.75. The van der Waals surface area contributed by atoms with Crippen molar-refractivity contribution < 1.29 is 17.0 Å². The summed E-state index contributed by atoms with van der Waals surface area (Å²) in [6.45, 7) is 0. The lowest BCUT2D eigenvalue weighted by Crippen LogP contribution is -3.00. The molecule has 3 heteroatoms. The minimum Gasteiger partial charge on any atom is -1.00 e. The van der Waals surface area contributed by atoms with Gasteiger partial charge in [-0.2, -0.15) is 0 Å². The van der Waals surface area contributed by atoms with Crippen LogP contribution in [0.3, 0.4) is 0 Å². The second-order valence-corrected chi connectivity index (χ2v) is 10.9. The fourth-order valence-electron chi connectivity index (χ4n) is 3.91. The van der Waals surface area contributed by atoms with E-state index in [2.05, 4.69) is 131 Å². The van der Waals surface area contributed by atoms with E-state index in [9.17, 15) is 0 Å². The molecule has 0 spiro atoms. The van der Waals surface area contributed by atoms with E-state index in [0.717, 1.165) is 11.5 Å². The van der Waals surface area contributed by atoms with Crippen molar-refractivity contribution in [2.24, 2.45) is 0 Å². The van der Waals surface area contributed by atoms with Crippen molar-refractivity contribution in [3.8, 4) is 0 Å². The van der Waals surface area contributed by atoms with Gasteiger partial charge in [0.1, 0.15) is 23.2 Å². The molecule has 4 aromatic carbocycles. The molecule has 0 bridgehead atoms. The molecule has 0 aliphatic carbocycles. The highest BCUT2D eigenvalue weighted by molar-refractivity contribution is 9.08. The smallest absolute Gasteiger partial charge is 0.116 e. The van der Waals surface area contributed by atoms with Crippen LogP contribution in [0.4, 0.5) is 0 Å². The Morgan fingerprint density at radius 3 is 1.52 bits per heavy atom. The van der Waals surface area contributed by atoms with Gasteiger partial charge in [0.25, 0.3) is 0 Å². The van der Waals surface area contributed by atoms with Crippen LogP contribution in [0.1, 0.15) is 11.1 Å². The molecule has 146 valence electrons. The molecular formula is C26H23Br2P. The van der Waals surface area contributed by atoms with Crippen molar-refractivity contribution in [2.75, 3.05) is 0 Å². The molecule has 0 aromatic heterocycles. The molecule has 4 rings (SSSR count). The van der Waals surface area contributed by atoms with Crippen LogP contribution in [0.5, 0.6) is 0 Å². The number of halogens is 2. The zero-order valence-electron chi connectivity index (χ0n) is 16.1. The molecule has 0 saturated carbocycles. The Labute approximate surface area is 193 Å². The fraction of sp³-hybridized carbons (Fsp3) is 0.0769. The third kappa shape index (κ3) is 4.56. The molecule has 29 heavy (non-hydrogen) atoms. The monoisotopic (exact) mass is 524 g/mol. The van der Waals surface area contributed by atoms with Gasteiger partial charge in [-0.3, -0.25) is 0 Å². The Hall–Kier alpha value is -1.73. The molecule has 0 saturated heterocycles. The third-order valence-electron chi connectivity index (χ3n) is 5.20. The summed E-state index contributed by atoms with van der Waals surface area (Å²) in [6.07, 6.45) is 1.02. The molecule has 4 aromatic rings. The summed E-state index contributed by atoms with van der Waals surface area (Å²) >= 11 is 3.75. The van der Waals surface area contributed by atoms with Gasteiger partial charge in [0.15, 0.2) is 0 Å². The van der Waals surface area contributed by atoms with Gasteiger partial charge in [0.05, 0.1) is 6.16 Å². The van der Waals surface area contributed by atoms with Crippen molar-refractivity contribution >= 4 is 39.1 Å². The molecular weight excluding hydrogens is 503 g/mol. The zero-order valence-corrected chi connectivity index (χ0v) is 20.2. The highest BCUT2D eigenvalue weighted by Gasteiger charge is 2.46. The zero-order chi connectivity index (χ0) is 19.2. The highest BCUT2D eigenvalue weighted by atomic mass is 79.9. The van der Waals surface area contributed by atoms with Crippen molar-refractivity contribution in [3.05, 3.63) is 126 Å². The van der Waals surface area contributed by atoms with Crippen molar-refractivity contribution in [1.29, 1.82) is 0 Å². The van der Waals surface area contributed by atoms with Crippen molar-refractivity contribution in [1.82, 2.24) is 0 Å². The Morgan fingerprint density at radius 1 is 0.552 bits per heavy atom. The molecule has 0 heterocycles. The first-order chi connectivity index (χ1) is 13.8. The van der Waals surface area contributed by atoms with Gasteiger partial charge >= 0.3 is 0 Å². The van der Waals surface area contributed by atoms with Crippen LogP contribution < -0.4 is 32.9 Å². The van der Waals surface area contributed by atoms with Gasteiger partial charge in [-0.1, -0.05) is 101 Å². The Balaban J connectivity index is 0.00000240. The predicted molar refractivity (Wildman–Crippen MR) is 128 cm³/mol.